The predicted molar refractivity (Wildman–Crippen MR) is 134 cm³/mol. The number of carbonyl (C=O) groups excluding carboxylic acids is 2. The molecule has 0 aromatic carbocycles. The van der Waals surface area contributed by atoms with Crippen LogP contribution in [0.5, 0.6) is 0 Å². The maximum atomic E-state index is 12.6. The van der Waals surface area contributed by atoms with E-state index in [0.29, 0.717) is 31.7 Å². The second-order valence-electron chi connectivity index (χ2n) is 10.7. The number of anilines is 1. The molecule has 34 heavy (non-hydrogen) atoms. The van der Waals surface area contributed by atoms with Gasteiger partial charge in [0, 0.05) is 37.7 Å². The van der Waals surface area contributed by atoms with Gasteiger partial charge in [0.1, 0.15) is 5.60 Å². The van der Waals surface area contributed by atoms with Crippen LogP contribution >= 0.6 is 0 Å². The Morgan fingerprint density at radius 3 is 2.32 bits per heavy atom. The van der Waals surface area contributed by atoms with Gasteiger partial charge < -0.3 is 29.6 Å². The van der Waals surface area contributed by atoms with Crippen LogP contribution in [0.3, 0.4) is 0 Å². The van der Waals surface area contributed by atoms with Crippen LogP contribution in [0.4, 0.5) is 10.5 Å². The molecular formula is C24H41BN4O5. The van der Waals surface area contributed by atoms with Crippen LogP contribution in [0.2, 0.25) is 0 Å². The molecule has 1 saturated heterocycles. The quantitative estimate of drug-likeness (QED) is 0.501. The minimum atomic E-state index is -0.535. The van der Waals surface area contributed by atoms with E-state index in [1.807, 2.05) is 54.5 Å². The molecule has 1 fully saturated rings. The number of hydrogen-bond acceptors (Lipinski definition) is 7. The lowest BCUT2D eigenvalue weighted by molar-refractivity contribution is -0.116. The maximum absolute atomic E-state index is 12.6. The van der Waals surface area contributed by atoms with Gasteiger partial charge in [0.2, 0.25) is 5.91 Å². The van der Waals surface area contributed by atoms with Crippen LogP contribution < -0.4 is 16.1 Å². The smallest absolute Gasteiger partial charge is 0.444 e. The van der Waals surface area contributed by atoms with E-state index in [9.17, 15) is 9.59 Å². The number of aromatic nitrogens is 1. The summed E-state index contributed by atoms with van der Waals surface area (Å²) < 4.78 is 17.4. The lowest BCUT2D eigenvalue weighted by atomic mass is 9.80. The van der Waals surface area contributed by atoms with Crippen molar-refractivity contribution in [2.75, 3.05) is 31.5 Å². The van der Waals surface area contributed by atoms with Crippen molar-refractivity contribution in [3.63, 3.8) is 0 Å². The topological polar surface area (TPSA) is 102 Å². The molecule has 1 aromatic rings. The highest BCUT2D eigenvalue weighted by atomic mass is 16.7. The van der Waals surface area contributed by atoms with Crippen molar-refractivity contribution in [2.45, 2.75) is 85.0 Å². The van der Waals surface area contributed by atoms with Gasteiger partial charge in [0.25, 0.3) is 0 Å². The number of nitrogens with one attached hydrogen (secondary N) is 2. The number of rotatable bonds is 10. The van der Waals surface area contributed by atoms with E-state index < -0.39 is 30.0 Å². The number of pyridine rings is 1. The molecule has 0 bridgehead atoms. The molecule has 0 saturated carbocycles. The van der Waals surface area contributed by atoms with Gasteiger partial charge in [-0.1, -0.05) is 6.92 Å². The molecule has 0 atom stereocenters. The van der Waals surface area contributed by atoms with E-state index in [2.05, 4.69) is 27.4 Å². The van der Waals surface area contributed by atoms with Crippen LogP contribution in [-0.2, 0) is 18.8 Å². The Morgan fingerprint density at radius 2 is 1.74 bits per heavy atom. The summed E-state index contributed by atoms with van der Waals surface area (Å²) in [4.78, 5) is 30.8. The van der Waals surface area contributed by atoms with Gasteiger partial charge >= 0.3 is 13.2 Å². The molecule has 1 aliphatic heterocycles. The first-order chi connectivity index (χ1) is 15.7. The first-order valence-corrected chi connectivity index (χ1v) is 12.0. The number of ether oxygens (including phenoxy) is 1. The molecule has 2 heterocycles. The molecular weight excluding hydrogens is 435 g/mol. The molecule has 1 aromatic heterocycles. The third-order valence-corrected chi connectivity index (χ3v) is 5.86. The van der Waals surface area contributed by atoms with Crippen molar-refractivity contribution in [3.8, 4) is 0 Å². The summed E-state index contributed by atoms with van der Waals surface area (Å²) in [5.74, 6) is -0.103. The molecule has 0 unspecified atom stereocenters. The SMILES string of the molecule is CCCN(CCNC(=O)OC(C)(C)C)CCC(=O)Nc1cncc(B2OC(C)(C)C(C)(C)O2)c1. The monoisotopic (exact) mass is 476 g/mol. The van der Waals surface area contributed by atoms with Gasteiger partial charge in [-0.25, -0.2) is 4.79 Å². The Morgan fingerprint density at radius 1 is 1.09 bits per heavy atom. The van der Waals surface area contributed by atoms with Crippen molar-refractivity contribution in [2.24, 2.45) is 0 Å². The van der Waals surface area contributed by atoms with Crippen molar-refractivity contribution < 1.29 is 23.6 Å². The fraction of sp³-hybridized carbons (Fsp3) is 0.708. The zero-order valence-corrected chi connectivity index (χ0v) is 22.0. The molecule has 0 aliphatic carbocycles. The summed E-state index contributed by atoms with van der Waals surface area (Å²) in [5.41, 5.74) is -0.0568. The van der Waals surface area contributed by atoms with Crippen molar-refractivity contribution >= 4 is 30.3 Å². The molecule has 2 rings (SSSR count). The Labute approximate surface area is 204 Å². The highest BCUT2D eigenvalue weighted by molar-refractivity contribution is 6.62. The van der Waals surface area contributed by atoms with Crippen molar-refractivity contribution in [1.82, 2.24) is 15.2 Å². The van der Waals surface area contributed by atoms with Gasteiger partial charge in [-0.3, -0.25) is 9.78 Å². The lowest BCUT2D eigenvalue weighted by Gasteiger charge is -2.32. The van der Waals surface area contributed by atoms with Gasteiger partial charge in [-0.05, 0) is 67.5 Å². The summed E-state index contributed by atoms with van der Waals surface area (Å²) in [6.45, 7) is 18.1. The summed E-state index contributed by atoms with van der Waals surface area (Å²) in [6, 6.07) is 1.83. The first-order valence-electron chi connectivity index (χ1n) is 12.0. The molecule has 190 valence electrons. The molecule has 1 aliphatic rings. The third-order valence-electron chi connectivity index (χ3n) is 5.86. The fourth-order valence-corrected chi connectivity index (χ4v) is 3.40. The zero-order chi connectivity index (χ0) is 25.6. The van der Waals surface area contributed by atoms with Crippen LogP contribution in [0.1, 0.15) is 68.2 Å². The summed E-state index contributed by atoms with van der Waals surface area (Å²) >= 11 is 0. The molecule has 2 amide bonds. The van der Waals surface area contributed by atoms with E-state index >= 15 is 0 Å². The molecule has 10 heteroatoms. The van der Waals surface area contributed by atoms with Crippen molar-refractivity contribution in [1.29, 1.82) is 0 Å². The average Bonchev–Trinajstić information content (AvgIpc) is 2.92. The highest BCUT2D eigenvalue weighted by Gasteiger charge is 2.51. The summed E-state index contributed by atoms with van der Waals surface area (Å²) in [5, 5.41) is 5.68. The summed E-state index contributed by atoms with van der Waals surface area (Å²) in [6.07, 6.45) is 4.15. The van der Waals surface area contributed by atoms with Crippen LogP contribution in [-0.4, -0.2) is 72.0 Å². The number of hydrogen-bond donors (Lipinski definition) is 2. The number of nitrogens with zero attached hydrogens (tertiary/aromatic N) is 2. The molecule has 9 nitrogen and oxygen atoms in total. The standard InChI is InChI=1S/C24H41BN4O5/c1-9-12-29(14-11-27-21(31)32-22(2,3)4)13-10-20(30)28-19-15-18(16-26-17-19)25-33-23(5,6)24(7,8)34-25/h15-17H,9-14H2,1-8H3,(H,27,31)(H,28,30). The largest absolute Gasteiger partial charge is 0.496 e. The number of amides is 2. The number of carbonyl (C=O) groups is 2. The number of alkyl carbamates (subject to hydrolysis) is 1. The Kier molecular flexibility index (Phi) is 9.50. The Hall–Kier alpha value is -2.17. The second-order valence-corrected chi connectivity index (χ2v) is 10.7. The lowest BCUT2D eigenvalue weighted by Crippen LogP contribution is -2.41. The average molecular weight is 476 g/mol. The van der Waals surface area contributed by atoms with Crippen molar-refractivity contribution in [3.05, 3.63) is 18.5 Å². The second kappa shape index (κ2) is 11.5. The summed E-state index contributed by atoms with van der Waals surface area (Å²) in [7, 11) is -0.535. The Bertz CT molecular complexity index is 825. The molecule has 2 N–H and O–H groups in total. The van der Waals surface area contributed by atoms with E-state index in [1.165, 1.54) is 0 Å². The van der Waals surface area contributed by atoms with Crippen LogP contribution in [0.25, 0.3) is 0 Å². The predicted octanol–water partition coefficient (Wildman–Crippen LogP) is 2.95. The minimum Gasteiger partial charge on any atom is -0.444 e. The third kappa shape index (κ3) is 8.56. The van der Waals surface area contributed by atoms with Gasteiger partial charge in [-0.2, -0.15) is 0 Å². The van der Waals surface area contributed by atoms with Gasteiger partial charge in [-0.15, -0.1) is 0 Å². The minimum absolute atomic E-state index is 0.103. The Balaban J connectivity index is 1.84. The van der Waals surface area contributed by atoms with E-state index in [4.69, 9.17) is 14.0 Å². The van der Waals surface area contributed by atoms with Crippen LogP contribution in [0.15, 0.2) is 18.5 Å². The van der Waals surface area contributed by atoms with Crippen LogP contribution in [0, 0.1) is 0 Å². The van der Waals surface area contributed by atoms with E-state index in [-0.39, 0.29) is 5.91 Å². The van der Waals surface area contributed by atoms with Gasteiger partial charge in [0.15, 0.2) is 0 Å². The van der Waals surface area contributed by atoms with E-state index in [0.717, 1.165) is 18.4 Å². The highest BCUT2D eigenvalue weighted by Crippen LogP contribution is 2.36. The first kappa shape index (κ1) is 28.1. The molecule has 0 spiro atoms. The van der Waals surface area contributed by atoms with E-state index in [1.54, 1.807) is 12.4 Å². The maximum Gasteiger partial charge on any atom is 0.496 e. The normalized spacial score (nSPS) is 17.0. The van der Waals surface area contributed by atoms with Gasteiger partial charge in [0.05, 0.1) is 23.1 Å². The zero-order valence-electron chi connectivity index (χ0n) is 22.0. The fourth-order valence-electron chi connectivity index (χ4n) is 3.40. The molecule has 0 radical (unpaired) electrons.